The fourth-order valence-corrected chi connectivity index (χ4v) is 0.390. The number of rotatable bonds is 2. The fraction of sp³-hybridized carbons (Fsp3) is 0.500. The number of allylic oxidation sites excluding steroid dienone is 1. The third-order valence-corrected chi connectivity index (χ3v) is 1.01. The van der Waals surface area contributed by atoms with Crippen LogP contribution >= 0.6 is 0 Å². The predicted molar refractivity (Wildman–Crippen MR) is 40.4 cm³/mol. The van der Waals surface area contributed by atoms with E-state index >= 15 is 0 Å². The SMILES string of the molecule is CC(C)=C(O)C(O)C(=O)O.[K]. The second-order valence-corrected chi connectivity index (χ2v) is 2.13. The Morgan fingerprint density at radius 1 is 1.27 bits per heavy atom. The number of aliphatic carboxylic acids is 1. The number of carboxylic acids is 1. The van der Waals surface area contributed by atoms with Crippen molar-refractivity contribution in [2.24, 2.45) is 0 Å². The average Bonchev–Trinajstić information content (AvgIpc) is 1.84. The molecule has 0 spiro atoms. The van der Waals surface area contributed by atoms with Crippen LogP contribution in [0, 0.1) is 0 Å². The molecule has 59 valence electrons. The molecule has 1 atom stereocenters. The van der Waals surface area contributed by atoms with Crippen LogP contribution in [0.15, 0.2) is 11.3 Å². The maximum absolute atomic E-state index is 10.0. The normalized spacial score (nSPS) is 11.2. The van der Waals surface area contributed by atoms with Crippen LogP contribution in [0.1, 0.15) is 13.8 Å². The van der Waals surface area contributed by atoms with Gasteiger partial charge in [-0.1, -0.05) is 0 Å². The van der Waals surface area contributed by atoms with Crippen molar-refractivity contribution in [3.8, 4) is 0 Å². The minimum atomic E-state index is -1.79. The molecule has 0 aromatic carbocycles. The molecule has 5 heteroatoms. The molecule has 4 nitrogen and oxygen atoms in total. The molecule has 0 bridgehead atoms. The van der Waals surface area contributed by atoms with Crippen molar-refractivity contribution < 1.29 is 20.1 Å². The van der Waals surface area contributed by atoms with Gasteiger partial charge in [-0.25, -0.2) is 4.79 Å². The number of carbonyl (C=O) groups is 1. The molecule has 0 aliphatic heterocycles. The van der Waals surface area contributed by atoms with Gasteiger partial charge in [0.2, 0.25) is 6.10 Å². The van der Waals surface area contributed by atoms with Crippen molar-refractivity contribution in [3.05, 3.63) is 11.3 Å². The summed E-state index contributed by atoms with van der Waals surface area (Å²) in [6.07, 6.45) is -1.79. The smallest absolute Gasteiger partial charge is 0.340 e. The van der Waals surface area contributed by atoms with E-state index in [4.69, 9.17) is 15.3 Å². The fourth-order valence-electron chi connectivity index (χ4n) is 0.390. The topological polar surface area (TPSA) is 77.8 Å². The largest absolute Gasteiger partial charge is 0.509 e. The van der Waals surface area contributed by atoms with Gasteiger partial charge in [-0.2, -0.15) is 0 Å². The Labute approximate surface area is 107 Å². The van der Waals surface area contributed by atoms with Gasteiger partial charge in [-0.3, -0.25) is 0 Å². The van der Waals surface area contributed by atoms with Crippen molar-refractivity contribution >= 4 is 57.4 Å². The minimum Gasteiger partial charge on any atom is -0.509 e. The molecule has 0 saturated heterocycles. The van der Waals surface area contributed by atoms with Crippen LogP contribution in [0.2, 0.25) is 0 Å². The summed E-state index contributed by atoms with van der Waals surface area (Å²) in [5.41, 5.74) is 0.398. The number of hydrogen-bond acceptors (Lipinski definition) is 3. The van der Waals surface area contributed by atoms with Crippen LogP contribution in [0.25, 0.3) is 0 Å². The Morgan fingerprint density at radius 2 is 1.64 bits per heavy atom. The molecular weight excluding hydrogens is 175 g/mol. The van der Waals surface area contributed by atoms with Crippen LogP contribution in [-0.2, 0) is 4.79 Å². The molecule has 0 aromatic heterocycles. The Balaban J connectivity index is 0. The molecular formula is C6H10KO4. The van der Waals surface area contributed by atoms with Crippen LogP contribution in [-0.4, -0.2) is 78.8 Å². The summed E-state index contributed by atoms with van der Waals surface area (Å²) >= 11 is 0. The number of carboxylic acid groups (broad SMARTS) is 1. The first-order chi connectivity index (χ1) is 4.46. The molecule has 0 heterocycles. The molecule has 0 saturated carbocycles. The predicted octanol–water partition coefficient (Wildman–Crippen LogP) is -0.0970. The van der Waals surface area contributed by atoms with E-state index in [0.717, 1.165) is 0 Å². The van der Waals surface area contributed by atoms with Crippen LogP contribution in [0.4, 0.5) is 0 Å². The zero-order valence-corrected chi connectivity index (χ0v) is 9.95. The van der Waals surface area contributed by atoms with E-state index in [9.17, 15) is 4.79 Å². The first-order valence-corrected chi connectivity index (χ1v) is 2.74. The quantitative estimate of drug-likeness (QED) is 0.415. The second kappa shape index (κ2) is 6.16. The van der Waals surface area contributed by atoms with Gasteiger partial charge in [0.25, 0.3) is 0 Å². The molecule has 1 radical (unpaired) electrons. The zero-order chi connectivity index (χ0) is 8.31. The molecule has 1 unspecified atom stereocenters. The summed E-state index contributed by atoms with van der Waals surface area (Å²) in [6, 6.07) is 0. The molecule has 0 rings (SSSR count). The van der Waals surface area contributed by atoms with Crippen molar-refractivity contribution in [1.29, 1.82) is 0 Å². The Hall–Kier alpha value is 0.606. The Morgan fingerprint density at radius 3 is 1.73 bits per heavy atom. The molecule has 0 aliphatic rings. The van der Waals surface area contributed by atoms with Crippen molar-refractivity contribution in [3.63, 3.8) is 0 Å². The average molecular weight is 185 g/mol. The number of hydrogen-bond donors (Lipinski definition) is 3. The van der Waals surface area contributed by atoms with Crippen molar-refractivity contribution in [1.82, 2.24) is 0 Å². The molecule has 0 aliphatic carbocycles. The van der Waals surface area contributed by atoms with E-state index in [0.29, 0.717) is 5.57 Å². The van der Waals surface area contributed by atoms with E-state index < -0.39 is 17.8 Å². The second-order valence-electron chi connectivity index (χ2n) is 2.13. The van der Waals surface area contributed by atoms with E-state index in [-0.39, 0.29) is 51.4 Å². The van der Waals surface area contributed by atoms with Gasteiger partial charge in [0, 0.05) is 51.4 Å². The summed E-state index contributed by atoms with van der Waals surface area (Å²) < 4.78 is 0. The third kappa shape index (κ3) is 4.94. The van der Waals surface area contributed by atoms with Gasteiger partial charge in [0.15, 0.2) is 0 Å². The first kappa shape index (κ1) is 14.1. The molecule has 3 N–H and O–H groups in total. The molecule has 0 amide bonds. The Kier molecular flexibility index (Phi) is 7.92. The van der Waals surface area contributed by atoms with Crippen LogP contribution < -0.4 is 0 Å². The summed E-state index contributed by atoms with van der Waals surface area (Å²) in [6.45, 7) is 3.03. The van der Waals surface area contributed by atoms with Crippen LogP contribution in [0.5, 0.6) is 0 Å². The van der Waals surface area contributed by atoms with Gasteiger partial charge >= 0.3 is 5.97 Å². The summed E-state index contributed by atoms with van der Waals surface area (Å²) in [4.78, 5) is 10.0. The zero-order valence-electron chi connectivity index (χ0n) is 6.83. The summed E-state index contributed by atoms with van der Waals surface area (Å²) in [5.74, 6) is -1.94. The van der Waals surface area contributed by atoms with Gasteiger partial charge in [0.1, 0.15) is 5.76 Å². The van der Waals surface area contributed by atoms with Crippen molar-refractivity contribution in [2.75, 3.05) is 0 Å². The molecule has 0 fully saturated rings. The standard InChI is InChI=1S/C6H10O4.K/c1-3(2)4(7)5(8)6(9)10;/h5,7-8H,1-2H3,(H,9,10);. The summed E-state index contributed by atoms with van der Waals surface area (Å²) in [7, 11) is 0. The first-order valence-electron chi connectivity index (χ1n) is 2.74. The minimum absolute atomic E-state index is 0. The maximum Gasteiger partial charge on any atom is 0.340 e. The van der Waals surface area contributed by atoms with Gasteiger partial charge in [-0.05, 0) is 19.4 Å². The molecule has 0 aromatic rings. The Bertz CT molecular complexity index is 171. The maximum atomic E-state index is 10.0. The third-order valence-electron chi connectivity index (χ3n) is 1.01. The van der Waals surface area contributed by atoms with E-state index in [1.54, 1.807) is 0 Å². The van der Waals surface area contributed by atoms with E-state index in [1.165, 1.54) is 13.8 Å². The van der Waals surface area contributed by atoms with Crippen molar-refractivity contribution in [2.45, 2.75) is 20.0 Å². The number of aliphatic hydroxyl groups is 2. The number of aliphatic hydroxyl groups excluding tert-OH is 2. The van der Waals surface area contributed by atoms with E-state index in [1.807, 2.05) is 0 Å². The van der Waals surface area contributed by atoms with Gasteiger partial charge in [0.05, 0.1) is 0 Å². The van der Waals surface area contributed by atoms with Gasteiger partial charge < -0.3 is 15.3 Å². The van der Waals surface area contributed by atoms with Crippen LogP contribution in [0.3, 0.4) is 0 Å². The summed E-state index contributed by atoms with van der Waals surface area (Å²) in [5, 5.41) is 25.6. The monoisotopic (exact) mass is 185 g/mol. The van der Waals surface area contributed by atoms with E-state index in [2.05, 4.69) is 0 Å². The van der Waals surface area contributed by atoms with Gasteiger partial charge in [-0.15, -0.1) is 0 Å². The molecule has 11 heavy (non-hydrogen) atoms.